The van der Waals surface area contributed by atoms with E-state index < -0.39 is 0 Å². The molecule has 1 aromatic rings. The zero-order valence-corrected chi connectivity index (χ0v) is 11.9. The number of thioether (sulfide) groups is 1. The Morgan fingerprint density at radius 1 is 1.12 bits per heavy atom. The molecular weight excluding hydrogens is 256 g/mol. The Balaban J connectivity index is 2.27. The first-order valence-corrected chi connectivity index (χ1v) is 7.35. The van der Waals surface area contributed by atoms with Gasteiger partial charge in [-0.25, -0.2) is 0 Å². The Kier molecular flexibility index (Phi) is 7.69. The lowest BCUT2D eigenvalue weighted by molar-refractivity contribution is -0.120. The SMILES string of the molecule is CCOC(CSCc1ccc(Cl)cc1)OCC. The summed E-state index contributed by atoms with van der Waals surface area (Å²) in [6.45, 7) is 5.34. The topological polar surface area (TPSA) is 18.5 Å². The minimum absolute atomic E-state index is 0.0951. The van der Waals surface area contributed by atoms with Crippen molar-refractivity contribution in [2.45, 2.75) is 25.9 Å². The maximum Gasteiger partial charge on any atom is 0.166 e. The van der Waals surface area contributed by atoms with Crippen molar-refractivity contribution in [3.8, 4) is 0 Å². The first-order valence-electron chi connectivity index (χ1n) is 5.81. The van der Waals surface area contributed by atoms with Crippen LogP contribution in [0.3, 0.4) is 0 Å². The van der Waals surface area contributed by atoms with E-state index in [9.17, 15) is 0 Å². The van der Waals surface area contributed by atoms with Crippen molar-refractivity contribution in [2.75, 3.05) is 19.0 Å². The lowest BCUT2D eigenvalue weighted by Gasteiger charge is -2.16. The van der Waals surface area contributed by atoms with Gasteiger partial charge in [0.1, 0.15) is 0 Å². The Morgan fingerprint density at radius 3 is 2.24 bits per heavy atom. The first-order chi connectivity index (χ1) is 8.26. The summed E-state index contributed by atoms with van der Waals surface area (Å²) in [4.78, 5) is 0. The van der Waals surface area contributed by atoms with Gasteiger partial charge in [-0.3, -0.25) is 0 Å². The molecule has 0 bridgehead atoms. The molecule has 0 heterocycles. The van der Waals surface area contributed by atoms with Crippen LogP contribution in [0.15, 0.2) is 24.3 Å². The molecule has 2 nitrogen and oxygen atoms in total. The fraction of sp³-hybridized carbons (Fsp3) is 0.538. The number of rotatable bonds is 8. The highest BCUT2D eigenvalue weighted by Gasteiger charge is 2.07. The zero-order chi connectivity index (χ0) is 12.5. The van der Waals surface area contributed by atoms with E-state index in [-0.39, 0.29) is 6.29 Å². The summed E-state index contributed by atoms with van der Waals surface area (Å²) in [6.07, 6.45) is -0.0951. The molecule has 1 aromatic carbocycles. The standard InChI is InChI=1S/C13H19ClO2S/c1-3-15-13(16-4-2)10-17-9-11-5-7-12(14)8-6-11/h5-8,13H,3-4,9-10H2,1-2H3. The van der Waals surface area contributed by atoms with Gasteiger partial charge in [0.2, 0.25) is 0 Å². The molecule has 0 saturated heterocycles. The number of halogens is 1. The van der Waals surface area contributed by atoms with E-state index in [4.69, 9.17) is 21.1 Å². The van der Waals surface area contributed by atoms with Gasteiger partial charge < -0.3 is 9.47 Å². The highest BCUT2D eigenvalue weighted by atomic mass is 35.5. The van der Waals surface area contributed by atoms with Crippen molar-refractivity contribution in [1.29, 1.82) is 0 Å². The van der Waals surface area contributed by atoms with Crippen LogP contribution >= 0.6 is 23.4 Å². The molecule has 0 atom stereocenters. The molecule has 0 aromatic heterocycles. The van der Waals surface area contributed by atoms with E-state index in [1.54, 1.807) is 0 Å². The number of benzene rings is 1. The third-order valence-electron chi connectivity index (χ3n) is 2.14. The van der Waals surface area contributed by atoms with Crippen LogP contribution in [-0.2, 0) is 15.2 Å². The van der Waals surface area contributed by atoms with Crippen molar-refractivity contribution in [1.82, 2.24) is 0 Å². The molecular formula is C13H19ClO2S. The second kappa shape index (κ2) is 8.81. The maximum atomic E-state index is 5.83. The fourth-order valence-corrected chi connectivity index (χ4v) is 2.43. The molecule has 17 heavy (non-hydrogen) atoms. The van der Waals surface area contributed by atoms with Crippen LogP contribution in [0.2, 0.25) is 5.02 Å². The van der Waals surface area contributed by atoms with Crippen LogP contribution in [0.5, 0.6) is 0 Å². The Morgan fingerprint density at radius 2 is 1.71 bits per heavy atom. The summed E-state index contributed by atoms with van der Waals surface area (Å²) < 4.78 is 11.0. The van der Waals surface area contributed by atoms with Crippen LogP contribution in [0, 0.1) is 0 Å². The number of hydrogen-bond donors (Lipinski definition) is 0. The van der Waals surface area contributed by atoms with Gasteiger partial charge in [-0.1, -0.05) is 23.7 Å². The van der Waals surface area contributed by atoms with Crippen molar-refractivity contribution >= 4 is 23.4 Å². The molecule has 4 heteroatoms. The van der Waals surface area contributed by atoms with Gasteiger partial charge in [0.05, 0.1) is 0 Å². The van der Waals surface area contributed by atoms with Crippen LogP contribution in [-0.4, -0.2) is 25.3 Å². The molecule has 0 radical (unpaired) electrons. The molecule has 0 spiro atoms. The van der Waals surface area contributed by atoms with E-state index in [1.165, 1.54) is 5.56 Å². The van der Waals surface area contributed by atoms with Crippen LogP contribution in [0.1, 0.15) is 19.4 Å². The predicted molar refractivity (Wildman–Crippen MR) is 74.7 cm³/mol. The molecule has 0 N–H and O–H groups in total. The van der Waals surface area contributed by atoms with E-state index >= 15 is 0 Å². The van der Waals surface area contributed by atoms with E-state index in [0.717, 1.165) is 16.5 Å². The fourth-order valence-electron chi connectivity index (χ4n) is 1.37. The zero-order valence-electron chi connectivity index (χ0n) is 10.3. The first kappa shape index (κ1) is 14.8. The highest BCUT2D eigenvalue weighted by Crippen LogP contribution is 2.17. The molecule has 0 fully saturated rings. The molecule has 0 aliphatic carbocycles. The van der Waals surface area contributed by atoms with Gasteiger partial charge in [0, 0.05) is 29.7 Å². The van der Waals surface area contributed by atoms with Gasteiger partial charge in [0.15, 0.2) is 6.29 Å². The van der Waals surface area contributed by atoms with E-state index in [1.807, 2.05) is 49.9 Å². The highest BCUT2D eigenvalue weighted by molar-refractivity contribution is 7.98. The lowest BCUT2D eigenvalue weighted by Crippen LogP contribution is -2.20. The van der Waals surface area contributed by atoms with Crippen LogP contribution in [0.4, 0.5) is 0 Å². The summed E-state index contributed by atoms with van der Waals surface area (Å²) in [5, 5.41) is 0.778. The summed E-state index contributed by atoms with van der Waals surface area (Å²) in [7, 11) is 0. The van der Waals surface area contributed by atoms with Crippen molar-refractivity contribution < 1.29 is 9.47 Å². The van der Waals surface area contributed by atoms with E-state index in [2.05, 4.69) is 0 Å². The lowest BCUT2D eigenvalue weighted by atomic mass is 10.2. The van der Waals surface area contributed by atoms with E-state index in [0.29, 0.717) is 13.2 Å². The number of ether oxygens (including phenoxy) is 2. The third kappa shape index (κ3) is 6.32. The summed E-state index contributed by atoms with van der Waals surface area (Å²) in [6, 6.07) is 7.93. The quantitative estimate of drug-likeness (QED) is 0.668. The Bertz CT molecular complexity index is 297. The Hall–Kier alpha value is -0.220. The second-order valence-electron chi connectivity index (χ2n) is 3.48. The molecule has 1 rings (SSSR count). The number of hydrogen-bond acceptors (Lipinski definition) is 3. The van der Waals surface area contributed by atoms with Gasteiger partial charge in [-0.15, -0.1) is 0 Å². The van der Waals surface area contributed by atoms with Gasteiger partial charge in [0.25, 0.3) is 0 Å². The minimum Gasteiger partial charge on any atom is -0.352 e. The van der Waals surface area contributed by atoms with Gasteiger partial charge >= 0.3 is 0 Å². The molecule has 0 aliphatic rings. The monoisotopic (exact) mass is 274 g/mol. The smallest absolute Gasteiger partial charge is 0.166 e. The maximum absolute atomic E-state index is 5.83. The van der Waals surface area contributed by atoms with Crippen molar-refractivity contribution in [3.63, 3.8) is 0 Å². The van der Waals surface area contributed by atoms with Gasteiger partial charge in [-0.2, -0.15) is 11.8 Å². The largest absolute Gasteiger partial charge is 0.352 e. The average Bonchev–Trinajstić information content (AvgIpc) is 2.32. The van der Waals surface area contributed by atoms with Crippen molar-refractivity contribution in [2.24, 2.45) is 0 Å². The van der Waals surface area contributed by atoms with Crippen molar-refractivity contribution in [3.05, 3.63) is 34.9 Å². The normalized spacial score (nSPS) is 11.1. The Labute approximate surface area is 113 Å². The minimum atomic E-state index is -0.0951. The summed E-state index contributed by atoms with van der Waals surface area (Å²) >= 11 is 7.64. The van der Waals surface area contributed by atoms with Crippen LogP contribution < -0.4 is 0 Å². The third-order valence-corrected chi connectivity index (χ3v) is 3.44. The second-order valence-corrected chi connectivity index (χ2v) is 4.95. The average molecular weight is 275 g/mol. The van der Waals surface area contributed by atoms with Gasteiger partial charge in [-0.05, 0) is 31.5 Å². The molecule has 0 amide bonds. The molecule has 0 saturated carbocycles. The molecule has 96 valence electrons. The summed E-state index contributed by atoms with van der Waals surface area (Å²) in [5.41, 5.74) is 1.27. The summed E-state index contributed by atoms with van der Waals surface area (Å²) in [5.74, 6) is 1.80. The predicted octanol–water partition coefficient (Wildman–Crippen LogP) is 3.97. The molecule has 0 unspecified atom stereocenters. The van der Waals surface area contributed by atoms with Crippen LogP contribution in [0.25, 0.3) is 0 Å². The molecule has 0 aliphatic heterocycles.